The van der Waals surface area contributed by atoms with Crippen molar-refractivity contribution in [2.24, 2.45) is 0 Å². The Kier molecular flexibility index (Phi) is 5.68. The normalized spacial score (nSPS) is 12.0. The first-order valence-corrected chi connectivity index (χ1v) is 7.12. The van der Waals surface area contributed by atoms with Crippen molar-refractivity contribution in [1.29, 1.82) is 0 Å². The Hall–Kier alpha value is -1.74. The molecule has 2 nitrogen and oxygen atoms in total. The number of halogens is 8. The summed E-state index contributed by atoms with van der Waals surface area (Å²) in [6, 6.07) is 5.05. The average Bonchev–Trinajstić information content (AvgIpc) is 2.44. The summed E-state index contributed by atoms with van der Waals surface area (Å²) in [7, 11) is 0.335. The number of benzene rings is 2. The lowest BCUT2D eigenvalue weighted by atomic mass is 10.1. The van der Waals surface area contributed by atoms with Crippen LogP contribution in [0.2, 0.25) is 10.0 Å². The van der Waals surface area contributed by atoms with Crippen LogP contribution in [0.4, 0.5) is 26.3 Å². The van der Waals surface area contributed by atoms with Gasteiger partial charge in [-0.2, -0.15) is 26.3 Å². The monoisotopic (exact) mass is 401 g/mol. The average molecular weight is 402 g/mol. The van der Waals surface area contributed by atoms with Gasteiger partial charge >= 0.3 is 20.0 Å². The quantitative estimate of drug-likeness (QED) is 0.460. The molecule has 25 heavy (non-hydrogen) atoms. The molecular weight excluding hydrogens is 396 g/mol. The largest absolute Gasteiger partial charge is 0.658 e. The van der Waals surface area contributed by atoms with Gasteiger partial charge in [-0.3, -0.25) is 0 Å². The molecule has 2 aromatic rings. The summed E-state index contributed by atoms with van der Waals surface area (Å²) in [4.78, 5) is 0. The number of hydrogen-bond acceptors (Lipinski definition) is 2. The lowest BCUT2D eigenvalue weighted by Gasteiger charge is -2.16. The van der Waals surface area contributed by atoms with Gasteiger partial charge in [-0.15, -0.1) is 0 Å². The molecule has 0 saturated carbocycles. The third-order valence-electron chi connectivity index (χ3n) is 2.85. The maximum absolute atomic E-state index is 12.9. The van der Waals surface area contributed by atoms with E-state index in [-0.39, 0.29) is 10.0 Å². The number of rotatable bonds is 4. The maximum atomic E-state index is 12.9. The van der Waals surface area contributed by atoms with E-state index < -0.39 is 35.0 Å². The van der Waals surface area contributed by atoms with E-state index in [0.717, 1.165) is 24.3 Å². The molecular formula is C14H6BCl2F6O2. The van der Waals surface area contributed by atoms with Crippen LogP contribution in [0.1, 0.15) is 11.1 Å². The highest BCUT2D eigenvalue weighted by atomic mass is 35.5. The van der Waals surface area contributed by atoms with Crippen LogP contribution in [0.5, 0.6) is 11.5 Å². The van der Waals surface area contributed by atoms with Gasteiger partial charge < -0.3 is 9.31 Å². The molecule has 0 saturated heterocycles. The summed E-state index contributed by atoms with van der Waals surface area (Å²) < 4.78 is 86.5. The van der Waals surface area contributed by atoms with Crippen molar-refractivity contribution in [1.82, 2.24) is 0 Å². The molecule has 2 rings (SSSR count). The molecule has 0 heterocycles. The van der Waals surface area contributed by atoms with Gasteiger partial charge in [0.1, 0.15) is 11.5 Å². The van der Waals surface area contributed by atoms with E-state index in [1.807, 2.05) is 0 Å². The first kappa shape index (κ1) is 19.6. The first-order chi connectivity index (χ1) is 11.5. The van der Waals surface area contributed by atoms with E-state index in [2.05, 4.69) is 0 Å². The van der Waals surface area contributed by atoms with Crippen molar-refractivity contribution in [3.63, 3.8) is 0 Å². The van der Waals surface area contributed by atoms with Crippen LogP contribution in [-0.4, -0.2) is 7.69 Å². The first-order valence-electron chi connectivity index (χ1n) is 6.37. The molecule has 0 N–H and O–H groups in total. The van der Waals surface area contributed by atoms with Gasteiger partial charge in [-0.05, 0) is 36.4 Å². The minimum Gasteiger partial charge on any atom is -0.526 e. The Morgan fingerprint density at radius 1 is 0.680 bits per heavy atom. The summed E-state index contributed by atoms with van der Waals surface area (Å²) in [5.41, 5.74) is -2.34. The SMILES string of the molecule is FC(F)(F)c1ccc(Cl)cc1O[B]Oc1cc(Cl)ccc1C(F)(F)F. The molecule has 0 bridgehead atoms. The van der Waals surface area contributed by atoms with Gasteiger partial charge in [0.05, 0.1) is 11.1 Å². The molecule has 0 aromatic heterocycles. The third kappa shape index (κ3) is 5.12. The zero-order valence-corrected chi connectivity index (χ0v) is 13.4. The topological polar surface area (TPSA) is 18.5 Å². The fourth-order valence-electron chi connectivity index (χ4n) is 1.78. The van der Waals surface area contributed by atoms with E-state index in [9.17, 15) is 26.3 Å². The van der Waals surface area contributed by atoms with Gasteiger partial charge in [0.15, 0.2) is 0 Å². The number of alkyl halides is 6. The van der Waals surface area contributed by atoms with Gasteiger partial charge in [0.2, 0.25) is 0 Å². The van der Waals surface area contributed by atoms with Gasteiger partial charge in [-0.25, -0.2) is 0 Å². The van der Waals surface area contributed by atoms with Crippen LogP contribution in [-0.2, 0) is 12.4 Å². The number of hydrogen-bond donors (Lipinski definition) is 0. The van der Waals surface area contributed by atoms with Crippen molar-refractivity contribution in [2.75, 3.05) is 0 Å². The van der Waals surface area contributed by atoms with Crippen LogP contribution in [0.15, 0.2) is 36.4 Å². The third-order valence-corrected chi connectivity index (χ3v) is 3.32. The predicted molar refractivity (Wildman–Crippen MR) is 79.9 cm³/mol. The van der Waals surface area contributed by atoms with Crippen molar-refractivity contribution < 1.29 is 35.7 Å². The molecule has 11 heteroatoms. The van der Waals surface area contributed by atoms with Gasteiger partial charge in [0.25, 0.3) is 0 Å². The lowest BCUT2D eigenvalue weighted by molar-refractivity contribution is -0.138. The molecule has 1 radical (unpaired) electrons. The van der Waals surface area contributed by atoms with E-state index in [0.29, 0.717) is 19.8 Å². The summed E-state index contributed by atoms with van der Waals surface area (Å²) >= 11 is 11.2. The Labute approximate surface area is 148 Å². The van der Waals surface area contributed by atoms with E-state index >= 15 is 0 Å². The summed E-state index contributed by atoms with van der Waals surface area (Å²) in [6.07, 6.45) is -9.50. The highest BCUT2D eigenvalue weighted by Crippen LogP contribution is 2.39. The molecule has 0 aliphatic rings. The fourth-order valence-corrected chi connectivity index (χ4v) is 2.11. The molecule has 2 aromatic carbocycles. The van der Waals surface area contributed by atoms with E-state index in [1.54, 1.807) is 0 Å². The predicted octanol–water partition coefficient (Wildman–Crippen LogP) is 6.02. The molecule has 0 aliphatic heterocycles. The van der Waals surface area contributed by atoms with Gasteiger partial charge in [-0.1, -0.05) is 23.2 Å². The van der Waals surface area contributed by atoms with Crippen LogP contribution in [0, 0.1) is 0 Å². The zero-order valence-electron chi connectivity index (χ0n) is 11.9. The van der Waals surface area contributed by atoms with Gasteiger partial charge in [0, 0.05) is 10.0 Å². The maximum Gasteiger partial charge on any atom is 0.658 e. The van der Waals surface area contributed by atoms with Crippen molar-refractivity contribution in [3.8, 4) is 11.5 Å². The highest BCUT2D eigenvalue weighted by Gasteiger charge is 2.36. The van der Waals surface area contributed by atoms with Crippen molar-refractivity contribution in [3.05, 3.63) is 57.6 Å². The second kappa shape index (κ2) is 7.25. The minimum atomic E-state index is -4.75. The Morgan fingerprint density at radius 3 is 1.36 bits per heavy atom. The van der Waals surface area contributed by atoms with E-state index in [1.165, 1.54) is 0 Å². The Bertz CT molecular complexity index is 700. The summed E-state index contributed by atoms with van der Waals surface area (Å²) in [5, 5.41) is -0.120. The van der Waals surface area contributed by atoms with Crippen LogP contribution >= 0.6 is 23.2 Å². The summed E-state index contributed by atoms with van der Waals surface area (Å²) in [5.74, 6) is -1.45. The standard InChI is InChI=1S/C14H6BCl2F6O2/c16-7-1-3-9(13(18,19)20)11(5-7)24-15-25-12-6-8(17)2-4-10(12)14(21,22)23/h1-6H. The molecule has 133 valence electrons. The van der Waals surface area contributed by atoms with Crippen LogP contribution in [0.3, 0.4) is 0 Å². The summed E-state index contributed by atoms with van der Waals surface area (Å²) in [6.45, 7) is 0. The molecule has 0 aliphatic carbocycles. The van der Waals surface area contributed by atoms with Crippen LogP contribution < -0.4 is 9.31 Å². The fraction of sp³-hybridized carbons (Fsp3) is 0.143. The molecule has 0 unspecified atom stereocenters. The molecule has 0 amide bonds. The van der Waals surface area contributed by atoms with Crippen molar-refractivity contribution in [2.45, 2.75) is 12.4 Å². The van der Waals surface area contributed by atoms with E-state index in [4.69, 9.17) is 32.5 Å². The molecule has 0 atom stereocenters. The minimum absolute atomic E-state index is 0.0601. The Morgan fingerprint density at radius 2 is 1.04 bits per heavy atom. The van der Waals surface area contributed by atoms with Crippen molar-refractivity contribution >= 4 is 30.9 Å². The highest BCUT2D eigenvalue weighted by molar-refractivity contribution is 6.31. The second-order valence-electron chi connectivity index (χ2n) is 4.61. The lowest BCUT2D eigenvalue weighted by Crippen LogP contribution is -2.17. The second-order valence-corrected chi connectivity index (χ2v) is 5.48. The molecule has 0 fully saturated rings. The van der Waals surface area contributed by atoms with Crippen LogP contribution in [0.25, 0.3) is 0 Å². The molecule has 0 spiro atoms. The Balaban J connectivity index is 2.20. The zero-order chi connectivity index (χ0) is 18.8. The smallest absolute Gasteiger partial charge is 0.526 e.